The highest BCUT2D eigenvalue weighted by Crippen LogP contribution is 2.23. The summed E-state index contributed by atoms with van der Waals surface area (Å²) in [5.74, 6) is 6.96. The molecular weight excluding hydrogens is 460 g/mol. The second-order valence-corrected chi connectivity index (χ2v) is 8.92. The number of aromatic nitrogens is 6. The number of nitrogens with zero attached hydrogens (tertiary/aromatic N) is 7. The van der Waals surface area contributed by atoms with Gasteiger partial charge in [0.05, 0.1) is 18.6 Å². The van der Waals surface area contributed by atoms with Crippen LogP contribution in [0.15, 0.2) is 33.9 Å². The van der Waals surface area contributed by atoms with Gasteiger partial charge in [-0.25, -0.2) is 14.8 Å². The summed E-state index contributed by atoms with van der Waals surface area (Å²) in [5, 5.41) is 0.938. The molecule has 0 amide bonds. The molecular formula is C25H30N8O3. The molecule has 4 aromatic rings. The maximum atomic E-state index is 13.7. The number of benzene rings is 1. The summed E-state index contributed by atoms with van der Waals surface area (Å²) in [6, 6.07) is 7.71. The van der Waals surface area contributed by atoms with Crippen molar-refractivity contribution >= 4 is 28.0 Å². The molecule has 0 spiro atoms. The van der Waals surface area contributed by atoms with E-state index in [1.54, 1.807) is 18.5 Å². The topological polar surface area (TPSA) is 148 Å². The van der Waals surface area contributed by atoms with Crippen molar-refractivity contribution in [1.29, 1.82) is 0 Å². The van der Waals surface area contributed by atoms with Gasteiger partial charge in [-0.15, -0.1) is 5.92 Å². The molecule has 4 heterocycles. The number of anilines is 1. The maximum Gasteiger partial charge on any atom is 0.332 e. The van der Waals surface area contributed by atoms with E-state index in [0.717, 1.165) is 36.0 Å². The highest BCUT2D eigenvalue weighted by Gasteiger charge is 2.26. The van der Waals surface area contributed by atoms with Gasteiger partial charge in [0, 0.05) is 37.3 Å². The zero-order valence-electron chi connectivity index (χ0n) is 20.7. The Hall–Kier alpha value is -4.01. The van der Waals surface area contributed by atoms with Gasteiger partial charge in [-0.2, -0.15) is 4.98 Å². The van der Waals surface area contributed by atoms with Crippen molar-refractivity contribution in [1.82, 2.24) is 28.7 Å². The molecule has 0 bridgehead atoms. The zero-order chi connectivity index (χ0) is 24.7. The molecule has 5 rings (SSSR count). The van der Waals surface area contributed by atoms with Gasteiger partial charge >= 0.3 is 5.69 Å². The molecule has 36 heavy (non-hydrogen) atoms. The first-order valence-electron chi connectivity index (χ1n) is 11.7. The van der Waals surface area contributed by atoms with E-state index in [1.165, 1.54) is 9.13 Å². The Labute approximate surface area is 207 Å². The minimum atomic E-state index is -0.468. The lowest BCUT2D eigenvalue weighted by Crippen LogP contribution is -2.44. The van der Waals surface area contributed by atoms with Crippen molar-refractivity contribution in [2.45, 2.75) is 45.8 Å². The molecule has 0 radical (unpaired) electrons. The highest BCUT2D eigenvalue weighted by atomic mass is 16.2. The largest absolute Gasteiger partial charge is 0.412 e. The quantitative estimate of drug-likeness (QED) is 0.405. The zero-order valence-corrected chi connectivity index (χ0v) is 20.7. The Morgan fingerprint density at radius 1 is 1.14 bits per heavy atom. The third-order valence-corrected chi connectivity index (χ3v) is 6.51. The van der Waals surface area contributed by atoms with Crippen LogP contribution in [0.25, 0.3) is 22.1 Å². The molecule has 1 fully saturated rings. The van der Waals surface area contributed by atoms with Gasteiger partial charge in [0.2, 0.25) is 5.95 Å². The lowest BCUT2D eigenvalue weighted by Gasteiger charge is -2.31. The van der Waals surface area contributed by atoms with Crippen LogP contribution in [0.3, 0.4) is 0 Å². The second kappa shape index (κ2) is 9.93. The predicted octanol–water partition coefficient (Wildman–Crippen LogP) is 0.323. The van der Waals surface area contributed by atoms with Crippen LogP contribution in [0.5, 0.6) is 0 Å². The Kier molecular flexibility index (Phi) is 6.92. The summed E-state index contributed by atoms with van der Waals surface area (Å²) in [4.78, 5) is 43.0. The summed E-state index contributed by atoms with van der Waals surface area (Å²) in [5.41, 5.74) is 7.54. The van der Waals surface area contributed by atoms with Crippen LogP contribution in [-0.4, -0.2) is 53.3 Å². The van der Waals surface area contributed by atoms with Gasteiger partial charge in [-0.3, -0.25) is 18.5 Å². The molecule has 11 nitrogen and oxygen atoms in total. The standard InChI is InChI=1S/C25H28N8O2.H2O/c1-4-5-13-32-21-22(29-24(32)31-12-8-9-17(26)14-31)30(3)25(35)33(23(21)34)15-20-27-16(2)18-10-6-7-11-19(18)28-20;/h6-7,10-11,17H,8-9,12-15,26H2,1-3H3;1H2/t17-;/m1./s1. The van der Waals surface area contributed by atoms with E-state index in [0.29, 0.717) is 29.5 Å². The van der Waals surface area contributed by atoms with E-state index < -0.39 is 11.2 Å². The van der Waals surface area contributed by atoms with Gasteiger partial charge in [0.15, 0.2) is 11.2 Å². The fraction of sp³-hybridized carbons (Fsp3) is 0.400. The molecule has 11 heteroatoms. The third-order valence-electron chi connectivity index (χ3n) is 6.51. The minimum Gasteiger partial charge on any atom is -0.412 e. The van der Waals surface area contributed by atoms with Crippen LogP contribution in [0, 0.1) is 18.8 Å². The number of hydrogen-bond donors (Lipinski definition) is 1. The van der Waals surface area contributed by atoms with Gasteiger partial charge in [-0.05, 0) is 32.8 Å². The molecule has 3 aromatic heterocycles. The van der Waals surface area contributed by atoms with Crippen LogP contribution in [0.1, 0.15) is 31.3 Å². The molecule has 1 aromatic carbocycles. The van der Waals surface area contributed by atoms with Crippen LogP contribution < -0.4 is 21.9 Å². The van der Waals surface area contributed by atoms with Crippen molar-refractivity contribution in [2.24, 2.45) is 12.8 Å². The average molecular weight is 491 g/mol. The van der Waals surface area contributed by atoms with Crippen LogP contribution >= 0.6 is 0 Å². The SMILES string of the molecule is CC#CCn1c(N2CCC[C@@H](N)C2)nc2c1c(=O)n(Cc1nc(C)c3ccccc3n1)c(=O)n2C.O. The van der Waals surface area contributed by atoms with Crippen LogP contribution in [-0.2, 0) is 20.1 Å². The van der Waals surface area contributed by atoms with Crippen molar-refractivity contribution < 1.29 is 5.48 Å². The first-order chi connectivity index (χ1) is 16.9. The molecule has 188 valence electrons. The first-order valence-corrected chi connectivity index (χ1v) is 11.7. The molecule has 1 aliphatic rings. The normalized spacial score (nSPS) is 15.6. The number of aryl methyl sites for hydroxylation is 2. The van der Waals surface area contributed by atoms with Crippen molar-refractivity contribution in [3.63, 3.8) is 0 Å². The third kappa shape index (κ3) is 4.25. The van der Waals surface area contributed by atoms with E-state index in [9.17, 15) is 9.59 Å². The number of hydrogen-bond acceptors (Lipinski definition) is 7. The van der Waals surface area contributed by atoms with E-state index >= 15 is 0 Å². The van der Waals surface area contributed by atoms with E-state index in [1.807, 2.05) is 31.2 Å². The molecule has 1 aliphatic heterocycles. The number of rotatable bonds is 4. The number of para-hydroxylation sites is 1. The predicted molar refractivity (Wildman–Crippen MR) is 139 cm³/mol. The van der Waals surface area contributed by atoms with Crippen LogP contribution in [0.4, 0.5) is 5.95 Å². The molecule has 1 atom stereocenters. The number of fused-ring (bicyclic) bond motifs is 2. The minimum absolute atomic E-state index is 0. The van der Waals surface area contributed by atoms with Gasteiger partial charge < -0.3 is 16.1 Å². The lowest BCUT2D eigenvalue weighted by molar-refractivity contribution is 0.496. The fourth-order valence-electron chi connectivity index (χ4n) is 4.75. The lowest BCUT2D eigenvalue weighted by atomic mass is 10.1. The van der Waals surface area contributed by atoms with E-state index in [-0.39, 0.29) is 24.6 Å². The van der Waals surface area contributed by atoms with Gasteiger partial charge in [0.1, 0.15) is 5.82 Å². The summed E-state index contributed by atoms with van der Waals surface area (Å²) >= 11 is 0. The number of nitrogens with two attached hydrogens (primary N) is 1. The Balaban J connectivity index is 0.00000304. The Morgan fingerprint density at radius 3 is 2.67 bits per heavy atom. The Bertz CT molecular complexity index is 1620. The monoisotopic (exact) mass is 490 g/mol. The molecule has 0 aliphatic carbocycles. The molecule has 0 unspecified atom stereocenters. The smallest absolute Gasteiger partial charge is 0.332 e. The average Bonchev–Trinajstić information content (AvgIpc) is 3.24. The first kappa shape index (κ1) is 25.1. The maximum absolute atomic E-state index is 13.7. The highest BCUT2D eigenvalue weighted by molar-refractivity contribution is 5.80. The Morgan fingerprint density at radius 2 is 1.92 bits per heavy atom. The summed E-state index contributed by atoms with van der Waals surface area (Å²) in [6.45, 7) is 5.31. The number of imidazole rings is 1. The number of piperidine rings is 1. The van der Waals surface area contributed by atoms with Crippen LogP contribution in [0.2, 0.25) is 0 Å². The van der Waals surface area contributed by atoms with Gasteiger partial charge in [-0.1, -0.05) is 24.1 Å². The van der Waals surface area contributed by atoms with Crippen molar-refractivity contribution in [2.75, 3.05) is 18.0 Å². The molecule has 1 saturated heterocycles. The van der Waals surface area contributed by atoms with Crippen molar-refractivity contribution in [3.8, 4) is 11.8 Å². The van der Waals surface area contributed by atoms with Crippen molar-refractivity contribution in [3.05, 3.63) is 56.6 Å². The second-order valence-electron chi connectivity index (χ2n) is 8.92. The van der Waals surface area contributed by atoms with Gasteiger partial charge in [0.25, 0.3) is 5.56 Å². The van der Waals surface area contributed by atoms with E-state index in [2.05, 4.69) is 26.7 Å². The molecule has 4 N–H and O–H groups in total. The molecule has 0 saturated carbocycles. The van der Waals surface area contributed by atoms with E-state index in [4.69, 9.17) is 10.7 Å². The summed E-state index contributed by atoms with van der Waals surface area (Å²) < 4.78 is 4.39. The summed E-state index contributed by atoms with van der Waals surface area (Å²) in [7, 11) is 1.63. The fourth-order valence-corrected chi connectivity index (χ4v) is 4.75. The summed E-state index contributed by atoms with van der Waals surface area (Å²) in [6.07, 6.45) is 1.88.